The van der Waals surface area contributed by atoms with Gasteiger partial charge < -0.3 is 9.30 Å². The van der Waals surface area contributed by atoms with Gasteiger partial charge in [0.05, 0.1) is 24.8 Å². The zero-order valence-electron chi connectivity index (χ0n) is 16.2. The molecule has 142 valence electrons. The molecule has 0 fully saturated rings. The van der Waals surface area contributed by atoms with Crippen LogP contribution < -0.4 is 4.74 Å². The fourth-order valence-corrected chi connectivity index (χ4v) is 3.93. The highest BCUT2D eigenvalue weighted by atomic mass is 32.2. The quantitative estimate of drug-likeness (QED) is 0.434. The predicted octanol–water partition coefficient (Wildman–Crippen LogP) is 5.02. The maximum atomic E-state index is 5.48. The summed E-state index contributed by atoms with van der Waals surface area (Å²) in [4.78, 5) is 4.25. The van der Waals surface area contributed by atoms with Crippen molar-refractivity contribution >= 4 is 11.8 Å². The molecule has 6 heteroatoms. The number of ether oxygens (including phenoxy) is 1. The van der Waals surface area contributed by atoms with Gasteiger partial charge in [0.2, 0.25) is 0 Å². The summed E-state index contributed by atoms with van der Waals surface area (Å²) in [6.45, 7) is 2.17. The van der Waals surface area contributed by atoms with Crippen LogP contribution >= 0.6 is 11.8 Å². The van der Waals surface area contributed by atoms with E-state index in [1.165, 1.54) is 5.56 Å². The van der Waals surface area contributed by atoms with Gasteiger partial charge in [0.25, 0.3) is 0 Å². The lowest BCUT2D eigenvalue weighted by atomic mass is 10.1. The molecule has 0 N–H and O–H groups in total. The molecule has 2 aromatic carbocycles. The van der Waals surface area contributed by atoms with Gasteiger partial charge in [-0.1, -0.05) is 37.3 Å². The summed E-state index contributed by atoms with van der Waals surface area (Å²) < 4.78 is 9.55. The molecule has 0 radical (unpaired) electrons. The first-order chi connectivity index (χ1) is 13.8. The average Bonchev–Trinajstić information content (AvgIpc) is 3.41. The second-order valence-corrected chi connectivity index (χ2v) is 7.10. The van der Waals surface area contributed by atoms with Gasteiger partial charge in [-0.15, -0.1) is 11.8 Å². The van der Waals surface area contributed by atoms with Crippen molar-refractivity contribution in [1.29, 1.82) is 0 Å². The number of nitrogens with zero attached hydrogens (tertiary/aromatic N) is 4. The Kier molecular flexibility index (Phi) is 5.21. The van der Waals surface area contributed by atoms with E-state index in [1.54, 1.807) is 25.1 Å². The normalized spacial score (nSPS) is 11.0. The summed E-state index contributed by atoms with van der Waals surface area (Å²) in [5.74, 6) is 0.816. The van der Waals surface area contributed by atoms with Crippen LogP contribution in [0.4, 0.5) is 0 Å². The van der Waals surface area contributed by atoms with E-state index in [1.807, 2.05) is 41.5 Å². The monoisotopic (exact) mass is 390 g/mol. The van der Waals surface area contributed by atoms with Crippen molar-refractivity contribution in [1.82, 2.24) is 19.3 Å². The summed E-state index contributed by atoms with van der Waals surface area (Å²) in [5, 5.41) is 5.93. The molecule has 2 aromatic heterocycles. The summed E-state index contributed by atoms with van der Waals surface area (Å²) >= 11 is 1.63. The van der Waals surface area contributed by atoms with Crippen LogP contribution in [-0.2, 0) is 6.42 Å². The first kappa shape index (κ1) is 18.4. The molecule has 4 rings (SSSR count). The Morgan fingerprint density at radius 3 is 2.68 bits per heavy atom. The fourth-order valence-electron chi connectivity index (χ4n) is 3.37. The topological polar surface area (TPSA) is 44.9 Å². The number of thioether (sulfide) groups is 1. The van der Waals surface area contributed by atoms with E-state index < -0.39 is 0 Å². The van der Waals surface area contributed by atoms with Gasteiger partial charge in [0.1, 0.15) is 16.5 Å². The van der Waals surface area contributed by atoms with Crippen molar-refractivity contribution in [2.75, 3.05) is 13.4 Å². The van der Waals surface area contributed by atoms with Gasteiger partial charge in [-0.2, -0.15) is 5.10 Å². The molecular weight excluding hydrogens is 368 g/mol. The van der Waals surface area contributed by atoms with E-state index in [0.717, 1.165) is 39.8 Å². The summed E-state index contributed by atoms with van der Waals surface area (Å²) in [7, 11) is 1.69. The molecule has 0 bridgehead atoms. The van der Waals surface area contributed by atoms with Crippen LogP contribution in [0.2, 0.25) is 0 Å². The standard InChI is InChI=1S/C22H22N4OS/c1-4-16-8-5-6-11-19(16)26-20(17-9-7-10-18(14-17)27-2)21(22(24-26)28-3)25-13-12-23-15-25/h5-15H,4H2,1-3H3. The van der Waals surface area contributed by atoms with E-state index in [2.05, 4.69) is 46.9 Å². The molecule has 0 atom stereocenters. The second kappa shape index (κ2) is 7.94. The Morgan fingerprint density at radius 1 is 1.11 bits per heavy atom. The minimum atomic E-state index is 0.816. The van der Waals surface area contributed by atoms with Crippen LogP contribution in [0.3, 0.4) is 0 Å². The SMILES string of the molecule is CCc1ccccc1-n1nc(SC)c(-n2ccnc2)c1-c1cccc(OC)c1. The van der Waals surface area contributed by atoms with Gasteiger partial charge >= 0.3 is 0 Å². The number of aryl methyl sites for hydroxylation is 1. The highest BCUT2D eigenvalue weighted by Crippen LogP contribution is 2.37. The minimum absolute atomic E-state index is 0.816. The maximum Gasteiger partial charge on any atom is 0.143 e. The number of methoxy groups -OCH3 is 1. The Bertz CT molecular complexity index is 1090. The summed E-state index contributed by atoms with van der Waals surface area (Å²) in [6.07, 6.45) is 8.54. The number of aromatic nitrogens is 4. The van der Waals surface area contributed by atoms with Gasteiger partial charge in [-0.3, -0.25) is 0 Å². The van der Waals surface area contributed by atoms with E-state index >= 15 is 0 Å². The molecule has 0 unspecified atom stereocenters. The van der Waals surface area contributed by atoms with Gasteiger partial charge in [0, 0.05) is 18.0 Å². The van der Waals surface area contributed by atoms with Crippen LogP contribution in [0.1, 0.15) is 12.5 Å². The van der Waals surface area contributed by atoms with Crippen molar-refractivity contribution in [2.45, 2.75) is 18.4 Å². The number of hydrogen-bond acceptors (Lipinski definition) is 4. The summed E-state index contributed by atoms with van der Waals surface area (Å²) in [5.41, 5.74) is 5.41. The van der Waals surface area contributed by atoms with Crippen molar-refractivity contribution in [3.05, 3.63) is 72.8 Å². The van der Waals surface area contributed by atoms with Crippen LogP contribution in [0.25, 0.3) is 22.6 Å². The number of rotatable bonds is 6. The van der Waals surface area contributed by atoms with E-state index in [9.17, 15) is 0 Å². The third-order valence-electron chi connectivity index (χ3n) is 4.73. The van der Waals surface area contributed by atoms with Crippen LogP contribution in [0.5, 0.6) is 5.75 Å². The fraction of sp³-hybridized carbons (Fsp3) is 0.182. The first-order valence-electron chi connectivity index (χ1n) is 9.14. The van der Waals surface area contributed by atoms with E-state index in [0.29, 0.717) is 0 Å². The maximum absolute atomic E-state index is 5.48. The molecule has 28 heavy (non-hydrogen) atoms. The van der Waals surface area contributed by atoms with Crippen molar-refractivity contribution in [3.63, 3.8) is 0 Å². The zero-order valence-corrected chi connectivity index (χ0v) is 17.0. The smallest absolute Gasteiger partial charge is 0.143 e. The Hall–Kier alpha value is -2.99. The Labute approximate surface area is 169 Å². The second-order valence-electron chi connectivity index (χ2n) is 6.30. The van der Waals surface area contributed by atoms with Crippen molar-refractivity contribution in [2.24, 2.45) is 0 Å². The molecule has 4 aromatic rings. The van der Waals surface area contributed by atoms with Gasteiger partial charge in [-0.05, 0) is 36.4 Å². The average molecular weight is 391 g/mol. The lowest BCUT2D eigenvalue weighted by Gasteiger charge is -2.14. The predicted molar refractivity (Wildman–Crippen MR) is 114 cm³/mol. The molecule has 0 aliphatic carbocycles. The molecule has 0 aliphatic rings. The molecule has 5 nitrogen and oxygen atoms in total. The van der Waals surface area contributed by atoms with Crippen LogP contribution in [0, 0.1) is 0 Å². The number of para-hydroxylation sites is 1. The minimum Gasteiger partial charge on any atom is -0.497 e. The molecule has 0 saturated carbocycles. The van der Waals surface area contributed by atoms with Crippen molar-refractivity contribution < 1.29 is 4.74 Å². The highest BCUT2D eigenvalue weighted by molar-refractivity contribution is 7.98. The molecule has 0 amide bonds. The first-order valence-corrected chi connectivity index (χ1v) is 10.4. The largest absolute Gasteiger partial charge is 0.497 e. The van der Waals surface area contributed by atoms with Crippen molar-refractivity contribution in [3.8, 4) is 28.4 Å². The third-order valence-corrected chi connectivity index (χ3v) is 5.39. The zero-order chi connectivity index (χ0) is 19.5. The molecule has 0 spiro atoms. The van der Waals surface area contributed by atoms with Crippen LogP contribution in [0.15, 0.2) is 72.3 Å². The van der Waals surface area contributed by atoms with Crippen LogP contribution in [-0.4, -0.2) is 32.7 Å². The van der Waals surface area contributed by atoms with Gasteiger partial charge in [-0.25, -0.2) is 9.67 Å². The number of benzene rings is 2. The number of hydrogen-bond donors (Lipinski definition) is 0. The molecular formula is C22H22N4OS. The van der Waals surface area contributed by atoms with E-state index in [4.69, 9.17) is 9.84 Å². The Morgan fingerprint density at radius 2 is 1.96 bits per heavy atom. The molecule has 0 saturated heterocycles. The molecule has 2 heterocycles. The Balaban J connectivity index is 2.06. The lowest BCUT2D eigenvalue weighted by Crippen LogP contribution is -2.04. The number of imidazole rings is 1. The molecule has 0 aliphatic heterocycles. The summed E-state index contributed by atoms with van der Waals surface area (Å²) in [6, 6.07) is 16.5. The van der Waals surface area contributed by atoms with E-state index in [-0.39, 0.29) is 0 Å². The highest BCUT2D eigenvalue weighted by Gasteiger charge is 2.23. The van der Waals surface area contributed by atoms with Gasteiger partial charge in [0.15, 0.2) is 0 Å². The lowest BCUT2D eigenvalue weighted by molar-refractivity contribution is 0.415. The third kappa shape index (κ3) is 3.20.